The summed E-state index contributed by atoms with van der Waals surface area (Å²) in [6.45, 7) is 5.97. The maximum absolute atomic E-state index is 8.87. The average molecular weight is 247 g/mol. The summed E-state index contributed by atoms with van der Waals surface area (Å²) < 4.78 is 0. The number of hydrogen-bond donors (Lipinski definition) is 0. The third-order valence-corrected chi connectivity index (χ3v) is 2.33. The first-order valence-electron chi connectivity index (χ1n) is 6.37. The van der Waals surface area contributed by atoms with Crippen LogP contribution in [0, 0.1) is 30.1 Å². The molecule has 1 heteroatoms. The Morgan fingerprint density at radius 1 is 0.789 bits per heavy atom. The highest BCUT2D eigenvalue weighted by Crippen LogP contribution is 2.08. The van der Waals surface area contributed by atoms with Gasteiger partial charge in [-0.1, -0.05) is 43.9 Å². The Hall–Kier alpha value is -2.51. The quantitative estimate of drug-likeness (QED) is 0.637. The van der Waals surface area contributed by atoms with Crippen molar-refractivity contribution in [2.45, 2.75) is 20.8 Å². The summed E-state index contributed by atoms with van der Waals surface area (Å²) in [5.41, 5.74) is 3.57. The van der Waals surface area contributed by atoms with E-state index in [1.165, 1.54) is 0 Å². The molecule has 0 aromatic heterocycles. The Kier molecular flexibility index (Phi) is 5.93. The third-order valence-electron chi connectivity index (χ3n) is 2.33. The van der Waals surface area contributed by atoms with Gasteiger partial charge in [0.05, 0.1) is 11.6 Å². The van der Waals surface area contributed by atoms with E-state index in [2.05, 4.69) is 17.9 Å². The first kappa shape index (κ1) is 14.6. The van der Waals surface area contributed by atoms with Crippen molar-refractivity contribution >= 4 is 0 Å². The van der Waals surface area contributed by atoms with Crippen LogP contribution in [-0.2, 0) is 0 Å². The van der Waals surface area contributed by atoms with Crippen LogP contribution in [0.1, 0.15) is 36.1 Å². The van der Waals surface area contributed by atoms with Crippen molar-refractivity contribution in [1.82, 2.24) is 0 Å². The molecule has 0 aliphatic rings. The summed E-state index contributed by atoms with van der Waals surface area (Å²) in [5.74, 6) is 6.16. The Labute approximate surface area is 115 Å². The Morgan fingerprint density at radius 2 is 1.37 bits per heavy atom. The molecule has 0 spiro atoms. The summed E-state index contributed by atoms with van der Waals surface area (Å²) in [6, 6.07) is 17.6. The van der Waals surface area contributed by atoms with Crippen LogP contribution in [0.3, 0.4) is 0 Å². The van der Waals surface area contributed by atoms with Crippen LogP contribution in [0.2, 0.25) is 0 Å². The van der Waals surface area contributed by atoms with Crippen molar-refractivity contribution < 1.29 is 0 Å². The first-order chi connectivity index (χ1) is 9.28. The highest BCUT2D eigenvalue weighted by molar-refractivity contribution is 5.47. The largest absolute Gasteiger partial charge is 0.192 e. The van der Waals surface area contributed by atoms with Crippen molar-refractivity contribution in [3.05, 3.63) is 70.8 Å². The lowest BCUT2D eigenvalue weighted by Crippen LogP contribution is -1.82. The van der Waals surface area contributed by atoms with Crippen molar-refractivity contribution in [3.8, 4) is 17.9 Å². The van der Waals surface area contributed by atoms with Gasteiger partial charge in [-0.15, -0.1) is 0 Å². The van der Waals surface area contributed by atoms with Crippen LogP contribution >= 0.6 is 0 Å². The number of aryl methyl sites for hydroxylation is 1. The molecule has 0 atom stereocenters. The number of hydrogen-bond acceptors (Lipinski definition) is 1. The average Bonchev–Trinajstić information content (AvgIpc) is 2.48. The second-order valence-electron chi connectivity index (χ2n) is 3.82. The Balaban J connectivity index is 0.000000861. The molecule has 0 bridgehead atoms. The number of nitrogens with zero attached hydrogens (tertiary/aromatic N) is 1. The molecule has 0 saturated carbocycles. The molecule has 0 heterocycles. The van der Waals surface area contributed by atoms with Gasteiger partial charge in [0.2, 0.25) is 0 Å². The molecule has 2 aromatic carbocycles. The lowest BCUT2D eigenvalue weighted by Gasteiger charge is -1.95. The van der Waals surface area contributed by atoms with E-state index in [-0.39, 0.29) is 0 Å². The molecule has 19 heavy (non-hydrogen) atoms. The number of rotatable bonds is 0. The minimum Gasteiger partial charge on any atom is -0.192 e. The van der Waals surface area contributed by atoms with Crippen molar-refractivity contribution in [2.75, 3.05) is 0 Å². The summed E-state index contributed by atoms with van der Waals surface area (Å²) in [7, 11) is 0. The van der Waals surface area contributed by atoms with E-state index in [1.54, 1.807) is 0 Å². The van der Waals surface area contributed by atoms with E-state index in [0.29, 0.717) is 5.56 Å². The molecule has 0 aliphatic heterocycles. The molecule has 0 amide bonds. The van der Waals surface area contributed by atoms with Gasteiger partial charge in [0, 0.05) is 11.1 Å². The Bertz CT molecular complexity index is 622. The Morgan fingerprint density at radius 3 is 2.00 bits per heavy atom. The third kappa shape index (κ3) is 4.70. The molecule has 0 radical (unpaired) electrons. The molecule has 2 rings (SSSR count). The maximum Gasteiger partial charge on any atom is 0.0992 e. The SMILES string of the molecule is CC.Cc1cc(C#N)cc(C#Cc2ccccc2)c1. The topological polar surface area (TPSA) is 23.8 Å². The standard InChI is InChI=1S/C16H11N.C2H6/c1-13-9-15(11-16(10-13)12-17)8-7-14-5-3-2-4-6-14;1-2/h2-6,9-11H,1H3;1-2H3. The van der Waals surface area contributed by atoms with Crippen molar-refractivity contribution in [1.29, 1.82) is 5.26 Å². The predicted molar refractivity (Wildman–Crippen MR) is 79.7 cm³/mol. The van der Waals surface area contributed by atoms with E-state index in [0.717, 1.165) is 16.7 Å². The highest BCUT2D eigenvalue weighted by Gasteiger charge is 1.94. The smallest absolute Gasteiger partial charge is 0.0992 e. The van der Waals surface area contributed by atoms with Gasteiger partial charge in [0.15, 0.2) is 0 Å². The normalized spacial score (nSPS) is 8.32. The second kappa shape index (κ2) is 7.75. The van der Waals surface area contributed by atoms with E-state index in [9.17, 15) is 0 Å². The minimum atomic E-state index is 0.655. The first-order valence-corrected chi connectivity index (χ1v) is 6.37. The minimum absolute atomic E-state index is 0.655. The van der Waals surface area contributed by atoms with Crippen molar-refractivity contribution in [2.24, 2.45) is 0 Å². The monoisotopic (exact) mass is 247 g/mol. The van der Waals surface area contributed by atoms with Crippen LogP contribution in [0.25, 0.3) is 0 Å². The summed E-state index contributed by atoms with van der Waals surface area (Å²) in [6.07, 6.45) is 0. The van der Waals surface area contributed by atoms with Gasteiger partial charge in [-0.25, -0.2) is 0 Å². The zero-order valence-corrected chi connectivity index (χ0v) is 11.6. The second-order valence-corrected chi connectivity index (χ2v) is 3.82. The molecular formula is C18H17N. The molecule has 0 aliphatic carbocycles. The van der Waals surface area contributed by atoms with Crippen LogP contribution in [-0.4, -0.2) is 0 Å². The van der Waals surface area contributed by atoms with Gasteiger partial charge in [-0.3, -0.25) is 0 Å². The van der Waals surface area contributed by atoms with Gasteiger partial charge in [-0.2, -0.15) is 5.26 Å². The van der Waals surface area contributed by atoms with E-state index < -0.39 is 0 Å². The zero-order chi connectivity index (χ0) is 14.1. The maximum atomic E-state index is 8.87. The lowest BCUT2D eigenvalue weighted by molar-refractivity contribution is 1.41. The van der Waals surface area contributed by atoms with Crippen LogP contribution < -0.4 is 0 Å². The summed E-state index contributed by atoms with van der Waals surface area (Å²) in [5, 5.41) is 8.87. The van der Waals surface area contributed by atoms with Crippen LogP contribution in [0.15, 0.2) is 48.5 Å². The van der Waals surface area contributed by atoms with Gasteiger partial charge in [-0.05, 0) is 42.8 Å². The fraction of sp³-hybridized carbons (Fsp3) is 0.167. The zero-order valence-electron chi connectivity index (χ0n) is 11.6. The molecule has 1 nitrogen and oxygen atoms in total. The van der Waals surface area contributed by atoms with Crippen LogP contribution in [0.4, 0.5) is 0 Å². The van der Waals surface area contributed by atoms with Gasteiger partial charge < -0.3 is 0 Å². The fourth-order valence-corrected chi connectivity index (χ4v) is 1.59. The lowest BCUT2D eigenvalue weighted by atomic mass is 10.1. The summed E-state index contributed by atoms with van der Waals surface area (Å²) >= 11 is 0. The van der Waals surface area contributed by atoms with E-state index in [1.807, 2.05) is 69.3 Å². The molecule has 0 unspecified atom stereocenters. The number of nitriles is 1. The molecule has 2 aromatic rings. The van der Waals surface area contributed by atoms with Gasteiger partial charge in [0.1, 0.15) is 0 Å². The molecule has 0 fully saturated rings. The van der Waals surface area contributed by atoms with E-state index >= 15 is 0 Å². The fourth-order valence-electron chi connectivity index (χ4n) is 1.59. The number of benzene rings is 2. The predicted octanol–water partition coefficient (Wildman–Crippen LogP) is 4.29. The highest BCUT2D eigenvalue weighted by atomic mass is 14.2. The summed E-state index contributed by atoms with van der Waals surface area (Å²) in [4.78, 5) is 0. The molecule has 0 N–H and O–H groups in total. The molecule has 94 valence electrons. The van der Waals surface area contributed by atoms with E-state index in [4.69, 9.17) is 5.26 Å². The molecular weight excluding hydrogens is 230 g/mol. The molecule has 0 saturated heterocycles. The van der Waals surface area contributed by atoms with Crippen molar-refractivity contribution in [3.63, 3.8) is 0 Å². The van der Waals surface area contributed by atoms with Gasteiger partial charge in [0.25, 0.3) is 0 Å². The van der Waals surface area contributed by atoms with Crippen LogP contribution in [0.5, 0.6) is 0 Å². The van der Waals surface area contributed by atoms with Gasteiger partial charge >= 0.3 is 0 Å².